The number of hydrogen-bond acceptors (Lipinski definition) is 3. The van der Waals surface area contributed by atoms with E-state index in [-0.39, 0.29) is 0 Å². The minimum Gasteiger partial charge on any atom is -0.507 e. The Bertz CT molecular complexity index is 464. The number of rotatable bonds is 2. The molecule has 0 spiro atoms. The van der Waals surface area contributed by atoms with Gasteiger partial charge in [-0.2, -0.15) is 0 Å². The first-order chi connectivity index (χ1) is 6.77. The molecule has 0 saturated carbocycles. The first-order valence-corrected chi connectivity index (χ1v) is 6.73. The zero-order chi connectivity index (χ0) is 10.1. The minimum absolute atomic E-state index is 0.355. The smallest absolute Gasteiger partial charge is 0.130 e. The van der Waals surface area contributed by atoms with E-state index in [0.29, 0.717) is 11.6 Å². The Hall–Kier alpha value is -0.380. The van der Waals surface area contributed by atoms with Crippen molar-refractivity contribution >= 4 is 44.8 Å². The average molecular weight is 245 g/mol. The van der Waals surface area contributed by atoms with Crippen molar-refractivity contribution in [2.75, 3.05) is 6.26 Å². The zero-order valence-corrected chi connectivity index (χ0v) is 9.97. The summed E-state index contributed by atoms with van der Waals surface area (Å²) in [5, 5.41) is 12.9. The summed E-state index contributed by atoms with van der Waals surface area (Å²) in [6.45, 7) is 0. The summed E-state index contributed by atoms with van der Waals surface area (Å²) in [5.41, 5.74) is 1.14. The minimum atomic E-state index is 0.355. The SMILES string of the molecule is CSc1c(O)ccc2c(CCl)csc12. The number of halogens is 1. The summed E-state index contributed by atoms with van der Waals surface area (Å²) in [4.78, 5) is 0.948. The highest BCUT2D eigenvalue weighted by Crippen LogP contribution is 2.39. The average Bonchev–Trinajstić information content (AvgIpc) is 2.60. The van der Waals surface area contributed by atoms with Crippen LogP contribution in [0.5, 0.6) is 5.75 Å². The maximum atomic E-state index is 9.64. The van der Waals surface area contributed by atoms with Gasteiger partial charge in [-0.05, 0) is 34.7 Å². The van der Waals surface area contributed by atoms with Gasteiger partial charge in [0.25, 0.3) is 0 Å². The van der Waals surface area contributed by atoms with Gasteiger partial charge in [-0.25, -0.2) is 0 Å². The van der Waals surface area contributed by atoms with E-state index >= 15 is 0 Å². The van der Waals surface area contributed by atoms with Crippen molar-refractivity contribution < 1.29 is 5.11 Å². The highest BCUT2D eigenvalue weighted by Gasteiger charge is 2.10. The van der Waals surface area contributed by atoms with Crippen molar-refractivity contribution in [2.24, 2.45) is 0 Å². The first kappa shape index (κ1) is 10.1. The third-order valence-electron chi connectivity index (χ3n) is 2.10. The van der Waals surface area contributed by atoms with Crippen molar-refractivity contribution in [2.45, 2.75) is 10.8 Å². The molecular formula is C10H9ClOS2. The molecule has 1 heterocycles. The van der Waals surface area contributed by atoms with Crippen LogP contribution in [0, 0.1) is 0 Å². The zero-order valence-electron chi connectivity index (χ0n) is 7.58. The second-order valence-electron chi connectivity index (χ2n) is 2.89. The summed E-state index contributed by atoms with van der Waals surface area (Å²) in [7, 11) is 0. The van der Waals surface area contributed by atoms with Crippen LogP contribution in [-0.2, 0) is 5.88 Å². The van der Waals surface area contributed by atoms with Crippen molar-refractivity contribution in [1.82, 2.24) is 0 Å². The summed E-state index contributed by atoms with van der Waals surface area (Å²) in [6.07, 6.45) is 1.97. The number of benzene rings is 1. The molecule has 4 heteroatoms. The number of phenolic OH excluding ortho intramolecular Hbond substituents is 1. The van der Waals surface area contributed by atoms with E-state index in [2.05, 4.69) is 5.38 Å². The van der Waals surface area contributed by atoms with Crippen molar-refractivity contribution in [1.29, 1.82) is 0 Å². The number of thiophene rings is 1. The summed E-state index contributed by atoms with van der Waals surface area (Å²) in [6, 6.07) is 3.66. The van der Waals surface area contributed by atoms with E-state index in [9.17, 15) is 5.11 Å². The van der Waals surface area contributed by atoms with Crippen LogP contribution >= 0.6 is 34.7 Å². The van der Waals surface area contributed by atoms with Gasteiger partial charge in [-0.1, -0.05) is 0 Å². The van der Waals surface area contributed by atoms with Gasteiger partial charge >= 0.3 is 0 Å². The number of hydrogen-bond donors (Lipinski definition) is 1. The molecule has 0 bridgehead atoms. The number of aromatic hydroxyl groups is 1. The molecule has 74 valence electrons. The molecule has 1 aromatic heterocycles. The molecule has 2 rings (SSSR count). The predicted octanol–water partition coefficient (Wildman–Crippen LogP) is 4.07. The van der Waals surface area contributed by atoms with Crippen LogP contribution in [0.2, 0.25) is 0 Å². The maximum absolute atomic E-state index is 9.64. The second-order valence-corrected chi connectivity index (χ2v) is 4.85. The lowest BCUT2D eigenvalue weighted by Gasteiger charge is -2.02. The van der Waals surface area contributed by atoms with E-state index in [0.717, 1.165) is 20.5 Å². The van der Waals surface area contributed by atoms with Gasteiger partial charge in [0.05, 0.1) is 9.60 Å². The van der Waals surface area contributed by atoms with Crippen LogP contribution in [0.15, 0.2) is 22.4 Å². The second kappa shape index (κ2) is 4.01. The van der Waals surface area contributed by atoms with Crippen LogP contribution in [0.1, 0.15) is 5.56 Å². The fourth-order valence-electron chi connectivity index (χ4n) is 1.42. The highest BCUT2D eigenvalue weighted by molar-refractivity contribution is 7.99. The van der Waals surface area contributed by atoms with Crippen molar-refractivity contribution in [3.8, 4) is 5.75 Å². The van der Waals surface area contributed by atoms with Crippen LogP contribution in [-0.4, -0.2) is 11.4 Å². The van der Waals surface area contributed by atoms with E-state index < -0.39 is 0 Å². The van der Waals surface area contributed by atoms with Gasteiger partial charge in [0.1, 0.15) is 5.75 Å². The topological polar surface area (TPSA) is 20.2 Å². The molecule has 14 heavy (non-hydrogen) atoms. The Balaban J connectivity index is 2.76. The maximum Gasteiger partial charge on any atom is 0.130 e. The molecule has 0 amide bonds. The fraction of sp³-hybridized carbons (Fsp3) is 0.200. The molecule has 1 aromatic carbocycles. The molecule has 0 fully saturated rings. The summed E-state index contributed by atoms with van der Waals surface area (Å²) in [5.74, 6) is 0.881. The molecule has 0 aliphatic rings. The van der Waals surface area contributed by atoms with E-state index in [1.54, 1.807) is 29.2 Å². The quantitative estimate of drug-likeness (QED) is 0.635. The number of fused-ring (bicyclic) bond motifs is 1. The van der Waals surface area contributed by atoms with Crippen LogP contribution in [0.25, 0.3) is 10.1 Å². The van der Waals surface area contributed by atoms with E-state index in [4.69, 9.17) is 11.6 Å². The predicted molar refractivity (Wildman–Crippen MR) is 64.8 cm³/mol. The van der Waals surface area contributed by atoms with Crippen LogP contribution in [0.4, 0.5) is 0 Å². The molecule has 0 aliphatic heterocycles. The first-order valence-electron chi connectivity index (χ1n) is 4.10. The molecule has 1 N–H and O–H groups in total. The standard InChI is InChI=1S/C10H9ClOS2/c1-13-10-8(12)3-2-7-6(4-11)5-14-9(7)10/h2-3,5,12H,4H2,1H3. The van der Waals surface area contributed by atoms with Crippen LogP contribution < -0.4 is 0 Å². The Morgan fingerprint density at radius 1 is 1.50 bits per heavy atom. The van der Waals surface area contributed by atoms with Gasteiger partial charge < -0.3 is 5.11 Å². The Kier molecular flexibility index (Phi) is 2.91. The Labute approximate surface area is 95.7 Å². The van der Waals surface area contributed by atoms with E-state index in [1.807, 2.05) is 12.3 Å². The van der Waals surface area contributed by atoms with Gasteiger partial charge in [-0.3, -0.25) is 0 Å². The lowest BCUT2D eigenvalue weighted by Crippen LogP contribution is -1.76. The molecule has 0 unspecified atom stereocenters. The largest absolute Gasteiger partial charge is 0.507 e. The number of thioether (sulfide) groups is 1. The molecule has 0 radical (unpaired) electrons. The molecular weight excluding hydrogens is 236 g/mol. The summed E-state index contributed by atoms with van der Waals surface area (Å²) < 4.78 is 1.13. The molecule has 1 nitrogen and oxygen atoms in total. The van der Waals surface area contributed by atoms with Gasteiger partial charge in [-0.15, -0.1) is 34.7 Å². The lowest BCUT2D eigenvalue weighted by atomic mass is 10.2. The number of alkyl halides is 1. The molecule has 0 saturated heterocycles. The van der Waals surface area contributed by atoms with Crippen molar-refractivity contribution in [3.63, 3.8) is 0 Å². The normalized spacial score (nSPS) is 11.0. The van der Waals surface area contributed by atoms with E-state index in [1.165, 1.54) is 0 Å². The third-order valence-corrected chi connectivity index (χ3v) is 4.41. The highest BCUT2D eigenvalue weighted by atomic mass is 35.5. The van der Waals surface area contributed by atoms with Gasteiger partial charge in [0.2, 0.25) is 0 Å². The third kappa shape index (κ3) is 1.49. The van der Waals surface area contributed by atoms with Crippen LogP contribution in [0.3, 0.4) is 0 Å². The molecule has 2 aromatic rings. The number of phenols is 1. The fourth-order valence-corrected chi connectivity index (χ4v) is 3.70. The van der Waals surface area contributed by atoms with Gasteiger partial charge in [0, 0.05) is 5.88 Å². The molecule has 0 aliphatic carbocycles. The Morgan fingerprint density at radius 2 is 2.29 bits per heavy atom. The van der Waals surface area contributed by atoms with Crippen molar-refractivity contribution in [3.05, 3.63) is 23.1 Å². The lowest BCUT2D eigenvalue weighted by molar-refractivity contribution is 0.464. The summed E-state index contributed by atoms with van der Waals surface area (Å²) >= 11 is 9.02. The monoisotopic (exact) mass is 244 g/mol. The molecule has 0 atom stereocenters. The Morgan fingerprint density at radius 3 is 2.93 bits per heavy atom. The van der Waals surface area contributed by atoms with Gasteiger partial charge in [0.15, 0.2) is 0 Å².